The molecule has 0 aromatic carbocycles. The number of carbonyl (C=O) groups is 3. The summed E-state index contributed by atoms with van der Waals surface area (Å²) in [7, 11) is 0. The van der Waals surface area contributed by atoms with E-state index in [0.29, 0.717) is 4.90 Å². The lowest BCUT2D eigenvalue weighted by Crippen LogP contribution is -2.50. The topological polar surface area (TPSA) is 141 Å². The zero-order valence-corrected chi connectivity index (χ0v) is 16.2. The van der Waals surface area contributed by atoms with Gasteiger partial charge in [0, 0.05) is 30.9 Å². The van der Waals surface area contributed by atoms with E-state index in [9.17, 15) is 37.1 Å². The largest absolute Gasteiger partial charge is 0.530 e. The zero-order valence-electron chi connectivity index (χ0n) is 16.2. The smallest absolute Gasteiger partial charge is 0.433 e. The lowest BCUT2D eigenvalue weighted by Gasteiger charge is -2.25. The Morgan fingerprint density at radius 2 is 1.94 bits per heavy atom. The van der Waals surface area contributed by atoms with Crippen LogP contribution in [0.5, 0.6) is 0 Å². The Labute approximate surface area is 178 Å². The molecule has 32 heavy (non-hydrogen) atoms. The molecule has 0 bridgehead atoms. The summed E-state index contributed by atoms with van der Waals surface area (Å²) in [6, 6.07) is 1.94. The van der Waals surface area contributed by atoms with Crippen LogP contribution in [0, 0.1) is 0 Å². The van der Waals surface area contributed by atoms with Gasteiger partial charge in [-0.05, 0) is 23.8 Å². The molecule has 1 fully saturated rings. The monoisotopic (exact) mass is 454 g/mol. The Balaban J connectivity index is 1.82. The minimum atomic E-state index is -4.62. The van der Waals surface area contributed by atoms with Crippen LogP contribution in [0.3, 0.4) is 0 Å². The number of hydrogen-bond donors (Lipinski definition) is 2. The Bertz CT molecular complexity index is 1050. The highest BCUT2D eigenvalue weighted by Gasteiger charge is 2.37. The van der Waals surface area contributed by atoms with Crippen molar-refractivity contribution in [3.05, 3.63) is 47.4 Å². The number of hydrogen-bond acceptors (Lipinski definition) is 6. The summed E-state index contributed by atoms with van der Waals surface area (Å²) in [5.41, 5.74) is 4.68. The lowest BCUT2D eigenvalue weighted by atomic mass is 10.1. The number of likely N-dealkylation sites (tertiary alicyclic amines) is 1. The van der Waals surface area contributed by atoms with E-state index in [2.05, 4.69) is 15.3 Å². The molecule has 9 nitrogen and oxygen atoms in total. The fourth-order valence-corrected chi connectivity index (χ4v) is 3.27. The quantitative estimate of drug-likeness (QED) is 0.635. The second-order valence-electron chi connectivity index (χ2n) is 7.01. The summed E-state index contributed by atoms with van der Waals surface area (Å²) in [6.07, 6.45) is -6.13. The van der Waals surface area contributed by atoms with Crippen molar-refractivity contribution in [2.45, 2.75) is 31.4 Å². The molecule has 0 spiro atoms. The minimum absolute atomic E-state index is 0.0690. The average molecular weight is 454 g/mol. The third-order valence-electron chi connectivity index (χ3n) is 4.85. The molecule has 1 saturated heterocycles. The predicted molar refractivity (Wildman–Crippen MR) is 98.2 cm³/mol. The van der Waals surface area contributed by atoms with E-state index in [1.165, 1.54) is 6.07 Å². The first-order valence-electron chi connectivity index (χ1n) is 9.19. The van der Waals surface area contributed by atoms with Gasteiger partial charge >= 0.3 is 6.18 Å². The number of nitrogens with two attached hydrogens (primary N) is 1. The van der Waals surface area contributed by atoms with Gasteiger partial charge in [0.2, 0.25) is 5.91 Å². The summed E-state index contributed by atoms with van der Waals surface area (Å²) in [6.45, 7) is -0.789. The van der Waals surface area contributed by atoms with E-state index in [4.69, 9.17) is 5.73 Å². The zero-order chi connectivity index (χ0) is 23.6. The Morgan fingerprint density at radius 3 is 2.50 bits per heavy atom. The molecule has 1 aliphatic heterocycles. The Hall–Kier alpha value is -3.77. The van der Waals surface area contributed by atoms with Crippen LogP contribution in [-0.4, -0.2) is 51.5 Å². The van der Waals surface area contributed by atoms with Crippen LogP contribution in [0.1, 0.15) is 28.0 Å². The van der Waals surface area contributed by atoms with Gasteiger partial charge in [0.05, 0.1) is 17.8 Å². The summed E-state index contributed by atoms with van der Waals surface area (Å²) < 4.78 is 51.7. The SMILES string of the molecule is NC(=O)c1cnc(-c2ccc(C(F)(F)F)nc2)cc1CNC(=O)[C@@H]1C[C@@H](F)CN1C(=O)[O-]. The highest BCUT2D eigenvalue weighted by Crippen LogP contribution is 2.29. The second-order valence-corrected chi connectivity index (χ2v) is 7.01. The van der Waals surface area contributed by atoms with Crippen LogP contribution >= 0.6 is 0 Å². The normalized spacial score (nSPS) is 18.4. The number of alkyl halides is 4. The van der Waals surface area contributed by atoms with E-state index in [-0.39, 0.29) is 35.3 Å². The van der Waals surface area contributed by atoms with Gasteiger partial charge in [-0.25, -0.2) is 4.39 Å². The molecule has 13 heteroatoms. The van der Waals surface area contributed by atoms with Crippen molar-refractivity contribution in [2.24, 2.45) is 5.73 Å². The first kappa shape index (κ1) is 22.9. The Kier molecular flexibility index (Phi) is 6.27. The van der Waals surface area contributed by atoms with Crippen LogP contribution in [0.25, 0.3) is 11.3 Å². The first-order chi connectivity index (χ1) is 15.0. The number of rotatable bonds is 5. The molecule has 2 atom stereocenters. The number of nitrogens with one attached hydrogen (secondary N) is 1. The van der Waals surface area contributed by atoms with Gasteiger partial charge < -0.3 is 25.9 Å². The van der Waals surface area contributed by atoms with Crippen LogP contribution in [0.4, 0.5) is 22.4 Å². The van der Waals surface area contributed by atoms with Crippen molar-refractivity contribution < 1.29 is 37.1 Å². The fraction of sp³-hybridized carbons (Fsp3) is 0.316. The predicted octanol–water partition coefficient (Wildman–Crippen LogP) is 0.633. The first-order valence-corrected chi connectivity index (χ1v) is 9.19. The molecule has 0 radical (unpaired) electrons. The van der Waals surface area contributed by atoms with Gasteiger partial charge in [-0.15, -0.1) is 0 Å². The van der Waals surface area contributed by atoms with Crippen LogP contribution in [0.15, 0.2) is 30.6 Å². The molecule has 3 heterocycles. The number of nitrogens with zero attached hydrogens (tertiary/aromatic N) is 3. The summed E-state index contributed by atoms with van der Waals surface area (Å²) in [5.74, 6) is -1.68. The number of aromatic nitrogens is 2. The maximum Gasteiger partial charge on any atom is 0.433 e. The van der Waals surface area contributed by atoms with E-state index in [0.717, 1.165) is 24.5 Å². The van der Waals surface area contributed by atoms with Crippen molar-refractivity contribution in [2.75, 3.05) is 6.54 Å². The molecule has 0 unspecified atom stereocenters. The molecule has 1 aliphatic rings. The number of amides is 3. The van der Waals surface area contributed by atoms with E-state index < -0.39 is 48.5 Å². The molecule has 2 aromatic rings. The molecule has 170 valence electrons. The number of halogens is 4. The summed E-state index contributed by atoms with van der Waals surface area (Å²) in [5, 5.41) is 13.5. The second kappa shape index (κ2) is 8.77. The molecule has 3 amide bonds. The minimum Gasteiger partial charge on any atom is -0.530 e. The third kappa shape index (κ3) is 4.92. The van der Waals surface area contributed by atoms with Gasteiger partial charge in [0.1, 0.15) is 24.0 Å². The highest BCUT2D eigenvalue weighted by molar-refractivity contribution is 5.94. The van der Waals surface area contributed by atoms with E-state index >= 15 is 0 Å². The standard InChI is InChI=1S/C19H17F4N5O4/c20-11-4-14(28(8-11)18(31)32)17(30)27-6-10-3-13(25-7-12(10)16(24)29)9-1-2-15(26-5-9)19(21,22)23/h1-3,5,7,11,14H,4,6,8H2,(H2,24,29)(H,27,30)(H,31,32)/p-1/t11-,14+/m1/s1. The molecular weight excluding hydrogens is 438 g/mol. The van der Waals surface area contributed by atoms with E-state index in [1.54, 1.807) is 0 Å². The fourth-order valence-electron chi connectivity index (χ4n) is 3.27. The molecular formula is C19H16F4N5O4-. The van der Waals surface area contributed by atoms with Crippen molar-refractivity contribution in [3.63, 3.8) is 0 Å². The maximum absolute atomic E-state index is 13.6. The van der Waals surface area contributed by atoms with Crippen molar-refractivity contribution in [1.29, 1.82) is 0 Å². The highest BCUT2D eigenvalue weighted by atomic mass is 19.4. The van der Waals surface area contributed by atoms with Gasteiger partial charge in [-0.1, -0.05) is 0 Å². The average Bonchev–Trinajstić information content (AvgIpc) is 3.13. The van der Waals surface area contributed by atoms with Gasteiger partial charge in [0.15, 0.2) is 0 Å². The molecule has 2 aromatic heterocycles. The molecule has 3 rings (SSSR count). The molecule has 3 N–H and O–H groups in total. The lowest BCUT2D eigenvalue weighted by molar-refractivity contribution is -0.266. The van der Waals surface area contributed by atoms with Crippen LogP contribution < -0.4 is 16.2 Å². The summed E-state index contributed by atoms with van der Waals surface area (Å²) >= 11 is 0. The van der Waals surface area contributed by atoms with Crippen LogP contribution in [0.2, 0.25) is 0 Å². The number of pyridine rings is 2. The third-order valence-corrected chi connectivity index (χ3v) is 4.85. The summed E-state index contributed by atoms with van der Waals surface area (Å²) in [4.78, 5) is 43.1. The van der Waals surface area contributed by atoms with E-state index in [1.807, 2.05) is 0 Å². The number of carbonyl (C=O) groups excluding carboxylic acids is 3. The molecule has 0 aliphatic carbocycles. The van der Waals surface area contributed by atoms with Gasteiger partial charge in [-0.3, -0.25) is 19.6 Å². The van der Waals surface area contributed by atoms with Gasteiger partial charge in [0.25, 0.3) is 5.91 Å². The number of carboxylic acid groups (broad SMARTS) is 1. The molecule has 0 saturated carbocycles. The van der Waals surface area contributed by atoms with Gasteiger partial charge in [-0.2, -0.15) is 13.2 Å². The van der Waals surface area contributed by atoms with Crippen molar-refractivity contribution >= 4 is 17.9 Å². The van der Waals surface area contributed by atoms with Crippen molar-refractivity contribution in [3.8, 4) is 11.3 Å². The van der Waals surface area contributed by atoms with Crippen molar-refractivity contribution in [1.82, 2.24) is 20.2 Å². The Morgan fingerprint density at radius 1 is 1.22 bits per heavy atom. The number of primary amides is 1. The van der Waals surface area contributed by atoms with Crippen LogP contribution in [-0.2, 0) is 17.5 Å². The maximum atomic E-state index is 13.6.